The fraction of sp³-hybridized carbons (Fsp3) is 0.367. The van der Waals surface area contributed by atoms with Crippen molar-refractivity contribution in [3.63, 3.8) is 0 Å². The predicted molar refractivity (Wildman–Crippen MR) is 147 cm³/mol. The molecule has 2 aromatic rings. The van der Waals surface area contributed by atoms with Crippen LogP contribution in [-0.2, 0) is 14.3 Å². The molecule has 7 nitrogen and oxygen atoms in total. The zero-order valence-corrected chi connectivity index (χ0v) is 22.5. The summed E-state index contributed by atoms with van der Waals surface area (Å²) in [5, 5.41) is 5.63. The van der Waals surface area contributed by atoms with Gasteiger partial charge in [-0.1, -0.05) is 62.2 Å². The number of hydrogen-bond donors (Lipinski definition) is 2. The van der Waals surface area contributed by atoms with E-state index in [1.165, 1.54) is 11.0 Å². The van der Waals surface area contributed by atoms with Gasteiger partial charge in [0.25, 0.3) is 5.91 Å². The Labute approximate surface area is 220 Å². The Morgan fingerprint density at radius 3 is 2.30 bits per heavy atom. The number of rotatable bonds is 9. The number of para-hydroxylation sites is 1. The quantitative estimate of drug-likeness (QED) is 0.363. The fourth-order valence-corrected chi connectivity index (χ4v) is 3.82. The number of carbonyl (C=O) groups is 3. The highest BCUT2D eigenvalue weighted by Gasteiger charge is 2.38. The maximum absolute atomic E-state index is 14.0. The van der Waals surface area contributed by atoms with Crippen molar-refractivity contribution < 1.29 is 19.1 Å². The lowest BCUT2D eigenvalue weighted by Crippen LogP contribution is -2.54. The van der Waals surface area contributed by atoms with E-state index in [0.717, 1.165) is 5.56 Å². The first-order valence-electron chi connectivity index (χ1n) is 12.2. The van der Waals surface area contributed by atoms with Gasteiger partial charge < -0.3 is 20.3 Å². The van der Waals surface area contributed by atoms with Crippen LogP contribution in [0.2, 0.25) is 0 Å². The summed E-state index contributed by atoms with van der Waals surface area (Å²) < 4.78 is 5.38. The Kier molecular flexibility index (Phi) is 10.1. The Balaban J connectivity index is 2.57. The second kappa shape index (κ2) is 12.8. The molecule has 0 aliphatic carbocycles. The molecule has 0 bridgehead atoms. The van der Waals surface area contributed by atoms with Crippen molar-refractivity contribution in [1.29, 1.82) is 0 Å². The van der Waals surface area contributed by atoms with Gasteiger partial charge in [0.05, 0.1) is 0 Å². The highest BCUT2D eigenvalue weighted by Crippen LogP contribution is 2.28. The van der Waals surface area contributed by atoms with Crippen molar-refractivity contribution in [3.05, 3.63) is 77.9 Å². The van der Waals surface area contributed by atoms with Gasteiger partial charge in [-0.2, -0.15) is 0 Å². The fourth-order valence-electron chi connectivity index (χ4n) is 3.82. The summed E-state index contributed by atoms with van der Waals surface area (Å²) in [6.45, 7) is 14.6. The highest BCUT2D eigenvalue weighted by atomic mass is 16.6. The molecule has 0 heterocycles. The van der Waals surface area contributed by atoms with Gasteiger partial charge in [-0.3, -0.25) is 9.59 Å². The number of nitrogens with one attached hydrogen (secondary N) is 2. The Morgan fingerprint density at radius 2 is 1.73 bits per heavy atom. The number of nitrogens with zero attached hydrogens (tertiary/aromatic N) is 1. The van der Waals surface area contributed by atoms with Crippen molar-refractivity contribution >= 4 is 23.6 Å². The molecule has 37 heavy (non-hydrogen) atoms. The average molecular weight is 504 g/mol. The lowest BCUT2D eigenvalue weighted by molar-refractivity contribution is -0.141. The molecule has 0 aromatic heterocycles. The number of carbonyl (C=O) groups excluding carboxylic acids is 3. The lowest BCUT2D eigenvalue weighted by atomic mass is 9.95. The normalized spacial score (nSPS) is 12.6. The van der Waals surface area contributed by atoms with Crippen LogP contribution in [0.1, 0.15) is 57.4 Å². The van der Waals surface area contributed by atoms with Crippen molar-refractivity contribution in [3.8, 4) is 12.3 Å². The van der Waals surface area contributed by atoms with E-state index in [0.29, 0.717) is 16.8 Å². The molecule has 0 radical (unpaired) electrons. The van der Waals surface area contributed by atoms with Crippen LogP contribution in [0.5, 0.6) is 0 Å². The van der Waals surface area contributed by atoms with Crippen LogP contribution in [0.15, 0.2) is 61.2 Å². The van der Waals surface area contributed by atoms with E-state index in [1.807, 2.05) is 39.0 Å². The molecule has 2 N–H and O–H groups in total. The van der Waals surface area contributed by atoms with Crippen molar-refractivity contribution in [2.45, 2.75) is 59.2 Å². The van der Waals surface area contributed by atoms with Gasteiger partial charge >= 0.3 is 6.09 Å². The number of benzene rings is 2. The molecular formula is C30H37N3O4. The summed E-state index contributed by atoms with van der Waals surface area (Å²) >= 11 is 0. The third-order valence-corrected chi connectivity index (χ3v) is 5.59. The second-order valence-electron chi connectivity index (χ2n) is 10.1. The molecule has 7 heteroatoms. The Morgan fingerprint density at radius 1 is 1.11 bits per heavy atom. The first-order chi connectivity index (χ1) is 17.4. The molecular weight excluding hydrogens is 466 g/mol. The van der Waals surface area contributed by atoms with Crippen molar-refractivity contribution in [2.75, 3.05) is 11.9 Å². The smallest absolute Gasteiger partial charge is 0.408 e. The van der Waals surface area contributed by atoms with E-state index in [-0.39, 0.29) is 12.5 Å². The van der Waals surface area contributed by atoms with Crippen LogP contribution in [0, 0.1) is 25.2 Å². The third kappa shape index (κ3) is 7.97. The molecule has 0 spiro atoms. The molecule has 2 unspecified atom stereocenters. The number of terminal acetylenes is 1. The lowest BCUT2D eigenvalue weighted by Gasteiger charge is -2.35. The summed E-state index contributed by atoms with van der Waals surface area (Å²) in [7, 11) is 0. The van der Waals surface area contributed by atoms with Crippen LogP contribution in [0.3, 0.4) is 0 Å². The van der Waals surface area contributed by atoms with E-state index < -0.39 is 35.6 Å². The molecule has 2 aromatic carbocycles. The number of anilines is 1. The monoisotopic (exact) mass is 503 g/mol. The molecule has 0 aliphatic rings. The summed E-state index contributed by atoms with van der Waals surface area (Å²) in [6, 6.07) is 12.3. The van der Waals surface area contributed by atoms with Crippen molar-refractivity contribution in [2.24, 2.45) is 5.92 Å². The van der Waals surface area contributed by atoms with E-state index in [2.05, 4.69) is 23.1 Å². The minimum atomic E-state index is -1.08. The average Bonchev–Trinajstić information content (AvgIpc) is 2.82. The van der Waals surface area contributed by atoms with Crippen LogP contribution in [0.25, 0.3) is 0 Å². The molecule has 0 fully saturated rings. The van der Waals surface area contributed by atoms with Gasteiger partial charge in [-0.15, -0.1) is 13.0 Å². The molecule has 0 saturated carbocycles. The number of amides is 3. The maximum atomic E-state index is 14.0. The highest BCUT2D eigenvalue weighted by molar-refractivity contribution is 5.99. The van der Waals surface area contributed by atoms with Crippen molar-refractivity contribution in [1.82, 2.24) is 10.2 Å². The minimum absolute atomic E-state index is 0.0445. The molecule has 2 rings (SSSR count). The SMILES string of the molecule is C#Cc1ccccc1C(C(=O)Nc1ccccc1C)N(CC=C)C(=O)C(NC(=O)OC(C)(C)C)C(C)C. The zero-order valence-electron chi connectivity index (χ0n) is 22.5. The van der Waals surface area contributed by atoms with Gasteiger partial charge in [0, 0.05) is 17.8 Å². The standard InChI is InChI=1S/C30H37N3O4/c1-9-19-33(28(35)25(20(3)4)32-29(36)37-30(6,7)8)26(23-17-13-12-16-22(23)10-2)27(34)31-24-18-14-11-15-21(24)5/h2,9,11-18,20,25-26H,1,19H2,3-8H3,(H,31,34)(H,32,36). The third-order valence-electron chi connectivity index (χ3n) is 5.59. The van der Waals surface area contributed by atoms with Crippen LogP contribution >= 0.6 is 0 Å². The van der Waals surface area contributed by atoms with Gasteiger partial charge in [-0.05, 0) is 56.9 Å². The van der Waals surface area contributed by atoms with E-state index >= 15 is 0 Å². The van der Waals surface area contributed by atoms with E-state index in [4.69, 9.17) is 11.2 Å². The van der Waals surface area contributed by atoms with Gasteiger partial charge in [0.1, 0.15) is 17.7 Å². The number of alkyl carbamates (subject to hydrolysis) is 1. The minimum Gasteiger partial charge on any atom is -0.444 e. The second-order valence-corrected chi connectivity index (χ2v) is 10.1. The number of hydrogen-bond acceptors (Lipinski definition) is 4. The number of aryl methyl sites for hydroxylation is 1. The topological polar surface area (TPSA) is 87.7 Å². The van der Waals surface area contributed by atoms with Crippen LogP contribution < -0.4 is 10.6 Å². The molecule has 3 amide bonds. The van der Waals surface area contributed by atoms with E-state index in [1.54, 1.807) is 51.1 Å². The predicted octanol–water partition coefficient (Wildman–Crippen LogP) is 5.22. The molecule has 0 aliphatic heterocycles. The molecule has 196 valence electrons. The molecule has 2 atom stereocenters. The maximum Gasteiger partial charge on any atom is 0.408 e. The summed E-state index contributed by atoms with van der Waals surface area (Å²) in [5.41, 5.74) is 1.72. The van der Waals surface area contributed by atoms with Gasteiger partial charge in [0.15, 0.2) is 0 Å². The first-order valence-corrected chi connectivity index (χ1v) is 12.2. The Bertz CT molecular complexity index is 1170. The van der Waals surface area contributed by atoms with Crippen LogP contribution in [-0.4, -0.2) is 41.0 Å². The zero-order chi connectivity index (χ0) is 27.8. The Hall–Kier alpha value is -4.05. The summed E-state index contributed by atoms with van der Waals surface area (Å²) in [5.74, 6) is 1.42. The number of ether oxygens (including phenoxy) is 1. The largest absolute Gasteiger partial charge is 0.444 e. The molecule has 0 saturated heterocycles. The van der Waals surface area contributed by atoms with Crippen LogP contribution in [0.4, 0.5) is 10.5 Å². The van der Waals surface area contributed by atoms with Gasteiger partial charge in [0.2, 0.25) is 5.91 Å². The first kappa shape index (κ1) is 29.2. The van der Waals surface area contributed by atoms with Gasteiger partial charge in [-0.25, -0.2) is 4.79 Å². The summed E-state index contributed by atoms with van der Waals surface area (Å²) in [4.78, 5) is 41.8. The van der Waals surface area contributed by atoms with E-state index in [9.17, 15) is 14.4 Å². The summed E-state index contributed by atoms with van der Waals surface area (Å²) in [6.07, 6.45) is 6.59.